The van der Waals surface area contributed by atoms with Crippen molar-refractivity contribution in [2.45, 2.75) is 45.6 Å². The fourth-order valence-corrected chi connectivity index (χ4v) is 1.75. The first-order valence-electron chi connectivity index (χ1n) is 7.69. The summed E-state index contributed by atoms with van der Waals surface area (Å²) in [6, 6.07) is 0. The molecule has 0 aromatic rings. The third-order valence-electron chi connectivity index (χ3n) is 2.87. The molecule has 0 saturated heterocycles. The molecule has 0 aliphatic rings. The third-order valence-corrected chi connectivity index (χ3v) is 2.87. The maximum atomic E-state index is 11.8. The number of nitrogens with zero attached hydrogens (tertiary/aromatic N) is 1. The van der Waals surface area contributed by atoms with Crippen LogP contribution in [0.2, 0.25) is 0 Å². The number of esters is 2. The number of carbonyl (C=O) groups is 2. The van der Waals surface area contributed by atoms with Crippen LogP contribution in [0.3, 0.4) is 0 Å². The van der Waals surface area contributed by atoms with Crippen LogP contribution in [0.1, 0.15) is 39.5 Å². The van der Waals surface area contributed by atoms with E-state index in [-0.39, 0.29) is 24.6 Å². The van der Waals surface area contributed by atoms with Crippen molar-refractivity contribution in [2.24, 2.45) is 0 Å². The zero-order valence-corrected chi connectivity index (χ0v) is 14.2. The Labute approximate surface area is 134 Å². The Kier molecular flexibility index (Phi) is 12.1. The van der Waals surface area contributed by atoms with Crippen LogP contribution < -0.4 is 0 Å². The molecule has 0 heterocycles. The monoisotopic (exact) mass is 311 g/mol. The largest absolute Gasteiger partial charge is 0.462 e. The molecule has 1 unspecified atom stereocenters. The van der Waals surface area contributed by atoms with Gasteiger partial charge in [0.15, 0.2) is 0 Å². The van der Waals surface area contributed by atoms with Crippen molar-refractivity contribution in [3.8, 4) is 0 Å². The van der Waals surface area contributed by atoms with Gasteiger partial charge in [0.1, 0.15) is 12.7 Å². The second kappa shape index (κ2) is 13.1. The van der Waals surface area contributed by atoms with Gasteiger partial charge in [0.25, 0.3) is 0 Å². The summed E-state index contributed by atoms with van der Waals surface area (Å²) in [4.78, 5) is 24.5. The van der Waals surface area contributed by atoms with E-state index < -0.39 is 0 Å². The molecule has 0 aromatic carbocycles. The topological polar surface area (TPSA) is 55.8 Å². The second-order valence-electron chi connectivity index (χ2n) is 5.33. The number of rotatable bonds is 11. The summed E-state index contributed by atoms with van der Waals surface area (Å²) >= 11 is 0. The van der Waals surface area contributed by atoms with Gasteiger partial charge >= 0.3 is 11.9 Å². The maximum absolute atomic E-state index is 11.8. The Morgan fingerprint density at radius 2 is 1.82 bits per heavy atom. The number of ether oxygens (including phenoxy) is 2. The van der Waals surface area contributed by atoms with Crippen molar-refractivity contribution in [1.82, 2.24) is 4.90 Å². The van der Waals surface area contributed by atoms with Crippen LogP contribution >= 0.6 is 0 Å². The van der Waals surface area contributed by atoms with E-state index in [1.54, 1.807) is 6.08 Å². The van der Waals surface area contributed by atoms with Crippen LogP contribution in [-0.4, -0.2) is 50.2 Å². The molecule has 0 aromatic heterocycles. The zero-order valence-electron chi connectivity index (χ0n) is 14.2. The molecule has 1 atom stereocenters. The van der Waals surface area contributed by atoms with E-state index in [0.29, 0.717) is 19.3 Å². The van der Waals surface area contributed by atoms with Crippen LogP contribution in [0.15, 0.2) is 24.3 Å². The Balaban J connectivity index is 4.15. The first-order chi connectivity index (χ1) is 10.5. The van der Waals surface area contributed by atoms with E-state index in [1.807, 2.05) is 44.1 Å². The smallest absolute Gasteiger partial charge is 0.306 e. The molecule has 126 valence electrons. The highest BCUT2D eigenvalue weighted by molar-refractivity contribution is 5.69. The lowest BCUT2D eigenvalue weighted by atomic mass is 10.1. The molecule has 5 heteroatoms. The minimum absolute atomic E-state index is 0.162. The number of carbonyl (C=O) groups excluding carboxylic acids is 2. The summed E-state index contributed by atoms with van der Waals surface area (Å²) in [5, 5.41) is 0. The van der Waals surface area contributed by atoms with Crippen LogP contribution in [-0.2, 0) is 19.1 Å². The van der Waals surface area contributed by atoms with Gasteiger partial charge in [-0.25, -0.2) is 0 Å². The summed E-state index contributed by atoms with van der Waals surface area (Å²) in [6.45, 7) is 4.43. The predicted octanol–water partition coefficient (Wildman–Crippen LogP) is 2.72. The van der Waals surface area contributed by atoms with Crippen molar-refractivity contribution >= 4 is 11.9 Å². The molecule has 0 radical (unpaired) electrons. The van der Waals surface area contributed by atoms with Gasteiger partial charge in [-0.15, -0.1) is 0 Å². The maximum Gasteiger partial charge on any atom is 0.306 e. The average Bonchev–Trinajstić information content (AvgIpc) is 2.43. The number of hydrogen-bond acceptors (Lipinski definition) is 5. The van der Waals surface area contributed by atoms with Gasteiger partial charge in [-0.05, 0) is 34.0 Å². The summed E-state index contributed by atoms with van der Waals surface area (Å²) in [7, 11) is 3.96. The quantitative estimate of drug-likeness (QED) is 0.434. The fourth-order valence-electron chi connectivity index (χ4n) is 1.75. The highest BCUT2D eigenvalue weighted by atomic mass is 16.5. The van der Waals surface area contributed by atoms with Crippen molar-refractivity contribution in [2.75, 3.05) is 27.2 Å². The Morgan fingerprint density at radius 1 is 1.14 bits per heavy atom. The van der Waals surface area contributed by atoms with Gasteiger partial charge in [0.2, 0.25) is 0 Å². The fraction of sp³-hybridized carbons (Fsp3) is 0.647. The molecule has 0 aliphatic heterocycles. The Hall–Kier alpha value is -1.62. The lowest BCUT2D eigenvalue weighted by Gasteiger charge is -2.15. The van der Waals surface area contributed by atoms with E-state index in [9.17, 15) is 9.59 Å². The second-order valence-corrected chi connectivity index (χ2v) is 5.33. The number of hydrogen-bond donors (Lipinski definition) is 0. The van der Waals surface area contributed by atoms with Crippen LogP contribution in [0.25, 0.3) is 0 Å². The van der Waals surface area contributed by atoms with Crippen molar-refractivity contribution in [3.63, 3.8) is 0 Å². The van der Waals surface area contributed by atoms with Crippen molar-refractivity contribution in [3.05, 3.63) is 24.3 Å². The first kappa shape index (κ1) is 20.4. The van der Waals surface area contributed by atoms with Gasteiger partial charge in [-0.3, -0.25) is 9.59 Å². The lowest BCUT2D eigenvalue weighted by Crippen LogP contribution is -2.19. The van der Waals surface area contributed by atoms with Gasteiger partial charge in [0, 0.05) is 26.2 Å². The standard InChI is InChI=1S/C17H29NO4/c1-5-6-10-16(11-7-8-14-21-15(2)19)22-17(20)12-9-13-18(3)4/h5-8,16H,9-14H2,1-4H3/b6-5-,8-7-. The van der Waals surface area contributed by atoms with E-state index in [4.69, 9.17) is 9.47 Å². The molecule has 0 bridgehead atoms. The Morgan fingerprint density at radius 3 is 2.41 bits per heavy atom. The van der Waals surface area contributed by atoms with E-state index in [1.165, 1.54) is 6.92 Å². The highest BCUT2D eigenvalue weighted by Crippen LogP contribution is 2.09. The molecule has 0 N–H and O–H groups in total. The van der Waals surface area contributed by atoms with Gasteiger partial charge in [0.05, 0.1) is 0 Å². The predicted molar refractivity (Wildman–Crippen MR) is 87.5 cm³/mol. The van der Waals surface area contributed by atoms with Crippen LogP contribution in [0, 0.1) is 0 Å². The molecular formula is C17H29NO4. The molecule has 0 spiro atoms. The zero-order chi connectivity index (χ0) is 16.8. The van der Waals surface area contributed by atoms with E-state index in [0.717, 1.165) is 13.0 Å². The Bertz CT molecular complexity index is 375. The molecule has 0 aliphatic carbocycles. The number of allylic oxidation sites excluding steroid dienone is 1. The third kappa shape index (κ3) is 13.4. The van der Waals surface area contributed by atoms with E-state index in [2.05, 4.69) is 0 Å². The molecule has 0 amide bonds. The molecule has 0 fully saturated rings. The average molecular weight is 311 g/mol. The van der Waals surface area contributed by atoms with Crippen LogP contribution in [0.5, 0.6) is 0 Å². The highest BCUT2D eigenvalue weighted by Gasteiger charge is 2.11. The van der Waals surface area contributed by atoms with Crippen molar-refractivity contribution < 1.29 is 19.1 Å². The summed E-state index contributed by atoms with van der Waals surface area (Å²) in [6.07, 6.45) is 9.93. The van der Waals surface area contributed by atoms with Gasteiger partial charge in [-0.2, -0.15) is 0 Å². The lowest BCUT2D eigenvalue weighted by molar-refractivity contribution is -0.149. The molecular weight excluding hydrogens is 282 g/mol. The van der Waals surface area contributed by atoms with Crippen molar-refractivity contribution in [1.29, 1.82) is 0 Å². The van der Waals surface area contributed by atoms with Gasteiger partial charge in [-0.1, -0.05) is 24.3 Å². The summed E-state index contributed by atoms with van der Waals surface area (Å²) < 4.78 is 10.3. The van der Waals surface area contributed by atoms with Crippen LogP contribution in [0.4, 0.5) is 0 Å². The molecule has 22 heavy (non-hydrogen) atoms. The normalized spacial score (nSPS) is 13.0. The molecule has 5 nitrogen and oxygen atoms in total. The minimum atomic E-state index is -0.303. The first-order valence-corrected chi connectivity index (χ1v) is 7.69. The summed E-state index contributed by atoms with van der Waals surface area (Å²) in [5.41, 5.74) is 0. The summed E-state index contributed by atoms with van der Waals surface area (Å²) in [5.74, 6) is -0.466. The minimum Gasteiger partial charge on any atom is -0.462 e. The van der Waals surface area contributed by atoms with Gasteiger partial charge < -0.3 is 14.4 Å². The molecule has 0 saturated carbocycles. The van der Waals surface area contributed by atoms with E-state index >= 15 is 0 Å². The SMILES string of the molecule is C/C=C\CC(C/C=C\COC(C)=O)OC(=O)CCCN(C)C. The molecule has 0 rings (SSSR count).